The van der Waals surface area contributed by atoms with Gasteiger partial charge in [-0.1, -0.05) is 19.9 Å². The summed E-state index contributed by atoms with van der Waals surface area (Å²) in [4.78, 5) is 11.3. The van der Waals surface area contributed by atoms with E-state index in [0.29, 0.717) is 25.4 Å². The highest BCUT2D eigenvalue weighted by molar-refractivity contribution is 5.74. The standard InChI is InChI=1S/C13H25NO2/c1-5-8-9-11(4)14-10-13(6-2,7-3)12(15)16/h5,11,14H,1,6-10H2,2-4H3,(H,15,16). The summed E-state index contributed by atoms with van der Waals surface area (Å²) >= 11 is 0. The van der Waals surface area contributed by atoms with Gasteiger partial charge in [-0.05, 0) is 32.6 Å². The third kappa shape index (κ3) is 4.35. The molecule has 0 aromatic carbocycles. The predicted molar refractivity (Wildman–Crippen MR) is 67.5 cm³/mol. The first-order valence-corrected chi connectivity index (χ1v) is 6.10. The Kier molecular flexibility index (Phi) is 7.06. The van der Waals surface area contributed by atoms with Crippen LogP contribution in [0.25, 0.3) is 0 Å². The van der Waals surface area contributed by atoms with Crippen LogP contribution in [0.2, 0.25) is 0 Å². The Morgan fingerprint density at radius 3 is 2.44 bits per heavy atom. The second kappa shape index (κ2) is 7.44. The summed E-state index contributed by atoms with van der Waals surface area (Å²) in [7, 11) is 0. The van der Waals surface area contributed by atoms with Crippen molar-refractivity contribution in [2.24, 2.45) is 5.41 Å². The molecule has 0 aliphatic heterocycles. The van der Waals surface area contributed by atoms with Gasteiger partial charge in [0.15, 0.2) is 0 Å². The highest BCUT2D eigenvalue weighted by Crippen LogP contribution is 2.25. The largest absolute Gasteiger partial charge is 0.481 e. The Hall–Kier alpha value is -0.830. The molecule has 2 N–H and O–H groups in total. The average Bonchev–Trinajstić information content (AvgIpc) is 2.28. The maximum atomic E-state index is 11.3. The van der Waals surface area contributed by atoms with E-state index in [1.54, 1.807) is 0 Å². The molecule has 0 saturated carbocycles. The maximum absolute atomic E-state index is 11.3. The van der Waals surface area contributed by atoms with Crippen molar-refractivity contribution in [3.8, 4) is 0 Å². The van der Waals surface area contributed by atoms with Gasteiger partial charge in [0, 0.05) is 12.6 Å². The molecule has 94 valence electrons. The molecule has 0 heterocycles. The Labute approximate surface area is 98.9 Å². The van der Waals surface area contributed by atoms with Gasteiger partial charge in [0.05, 0.1) is 5.41 Å². The molecule has 1 atom stereocenters. The van der Waals surface area contributed by atoms with Gasteiger partial charge >= 0.3 is 5.97 Å². The minimum Gasteiger partial charge on any atom is -0.481 e. The van der Waals surface area contributed by atoms with Crippen molar-refractivity contribution in [2.75, 3.05) is 6.54 Å². The highest BCUT2D eigenvalue weighted by atomic mass is 16.4. The lowest BCUT2D eigenvalue weighted by molar-refractivity contribution is -0.149. The number of hydrogen-bond acceptors (Lipinski definition) is 2. The first-order valence-electron chi connectivity index (χ1n) is 6.10. The first kappa shape index (κ1) is 15.2. The van der Waals surface area contributed by atoms with Crippen LogP contribution in [0.5, 0.6) is 0 Å². The van der Waals surface area contributed by atoms with Crippen LogP contribution in [-0.2, 0) is 4.79 Å². The van der Waals surface area contributed by atoms with Crippen LogP contribution in [0, 0.1) is 5.41 Å². The quantitative estimate of drug-likeness (QED) is 0.595. The number of carbonyl (C=O) groups is 1. The van der Waals surface area contributed by atoms with E-state index in [1.165, 1.54) is 0 Å². The lowest BCUT2D eigenvalue weighted by Gasteiger charge is -2.28. The summed E-state index contributed by atoms with van der Waals surface area (Å²) < 4.78 is 0. The van der Waals surface area contributed by atoms with Gasteiger partial charge in [-0.2, -0.15) is 0 Å². The van der Waals surface area contributed by atoms with E-state index in [0.717, 1.165) is 12.8 Å². The topological polar surface area (TPSA) is 49.3 Å². The zero-order valence-corrected chi connectivity index (χ0v) is 10.8. The maximum Gasteiger partial charge on any atom is 0.310 e. The van der Waals surface area contributed by atoms with E-state index in [-0.39, 0.29) is 0 Å². The molecule has 0 bridgehead atoms. The number of carboxylic acids is 1. The smallest absolute Gasteiger partial charge is 0.310 e. The molecule has 1 unspecified atom stereocenters. The fourth-order valence-corrected chi connectivity index (χ4v) is 1.72. The molecule has 16 heavy (non-hydrogen) atoms. The normalized spacial score (nSPS) is 13.4. The summed E-state index contributed by atoms with van der Waals surface area (Å²) in [6, 6.07) is 0.342. The lowest BCUT2D eigenvalue weighted by Crippen LogP contribution is -2.43. The summed E-state index contributed by atoms with van der Waals surface area (Å²) in [5.74, 6) is -0.694. The Morgan fingerprint density at radius 1 is 1.50 bits per heavy atom. The number of hydrogen-bond donors (Lipinski definition) is 2. The minimum absolute atomic E-state index is 0.342. The van der Waals surface area contributed by atoms with Crippen molar-refractivity contribution in [1.29, 1.82) is 0 Å². The highest BCUT2D eigenvalue weighted by Gasteiger charge is 2.34. The summed E-state index contributed by atoms with van der Waals surface area (Å²) in [6.07, 6.45) is 5.20. The third-order valence-corrected chi connectivity index (χ3v) is 3.40. The van der Waals surface area contributed by atoms with Crippen LogP contribution in [0.4, 0.5) is 0 Å². The van der Waals surface area contributed by atoms with Gasteiger partial charge < -0.3 is 10.4 Å². The predicted octanol–water partition coefficient (Wildman–Crippen LogP) is 2.82. The minimum atomic E-state index is -0.694. The monoisotopic (exact) mass is 227 g/mol. The zero-order chi connectivity index (χ0) is 12.6. The molecule has 0 aliphatic rings. The van der Waals surface area contributed by atoms with Crippen LogP contribution in [-0.4, -0.2) is 23.7 Å². The zero-order valence-electron chi connectivity index (χ0n) is 10.8. The Morgan fingerprint density at radius 2 is 2.06 bits per heavy atom. The summed E-state index contributed by atoms with van der Waals surface area (Å²) in [5, 5.41) is 12.6. The van der Waals surface area contributed by atoms with Crippen molar-refractivity contribution in [2.45, 2.75) is 52.5 Å². The van der Waals surface area contributed by atoms with Gasteiger partial charge in [-0.25, -0.2) is 0 Å². The van der Waals surface area contributed by atoms with Crippen LogP contribution in [0.3, 0.4) is 0 Å². The Balaban J connectivity index is 4.21. The molecule has 0 radical (unpaired) electrons. The molecule has 0 aromatic heterocycles. The van der Waals surface area contributed by atoms with Crippen LogP contribution < -0.4 is 5.32 Å². The van der Waals surface area contributed by atoms with Gasteiger partial charge in [0.1, 0.15) is 0 Å². The lowest BCUT2D eigenvalue weighted by atomic mass is 9.82. The van der Waals surface area contributed by atoms with Crippen LogP contribution in [0.1, 0.15) is 46.5 Å². The SMILES string of the molecule is C=CCCC(C)NCC(CC)(CC)C(=O)O. The molecule has 0 fully saturated rings. The van der Waals surface area contributed by atoms with E-state index in [1.807, 2.05) is 19.9 Å². The molecular weight excluding hydrogens is 202 g/mol. The number of rotatable bonds is 9. The molecule has 3 nitrogen and oxygen atoms in total. The molecular formula is C13H25NO2. The third-order valence-electron chi connectivity index (χ3n) is 3.40. The van der Waals surface area contributed by atoms with Crippen molar-refractivity contribution in [3.63, 3.8) is 0 Å². The van der Waals surface area contributed by atoms with E-state index in [4.69, 9.17) is 0 Å². The molecule has 0 amide bonds. The second-order valence-corrected chi connectivity index (χ2v) is 4.44. The van der Waals surface area contributed by atoms with E-state index >= 15 is 0 Å². The van der Waals surface area contributed by atoms with Crippen molar-refractivity contribution < 1.29 is 9.90 Å². The van der Waals surface area contributed by atoms with E-state index in [9.17, 15) is 9.90 Å². The first-order chi connectivity index (χ1) is 7.52. The summed E-state index contributed by atoms with van der Waals surface area (Å²) in [5.41, 5.74) is -0.609. The molecule has 0 aliphatic carbocycles. The average molecular weight is 227 g/mol. The number of aliphatic carboxylic acids is 1. The molecule has 3 heteroatoms. The molecule has 0 saturated heterocycles. The Bertz CT molecular complexity index is 222. The summed E-state index contributed by atoms with van der Waals surface area (Å²) in [6.45, 7) is 10.2. The fraction of sp³-hybridized carbons (Fsp3) is 0.769. The van der Waals surface area contributed by atoms with Crippen LogP contribution in [0.15, 0.2) is 12.7 Å². The van der Waals surface area contributed by atoms with E-state index < -0.39 is 11.4 Å². The van der Waals surface area contributed by atoms with Crippen LogP contribution >= 0.6 is 0 Å². The molecule has 0 spiro atoms. The second-order valence-electron chi connectivity index (χ2n) is 4.44. The fourth-order valence-electron chi connectivity index (χ4n) is 1.72. The van der Waals surface area contributed by atoms with Gasteiger partial charge in [0.25, 0.3) is 0 Å². The van der Waals surface area contributed by atoms with Gasteiger partial charge in [-0.3, -0.25) is 4.79 Å². The van der Waals surface area contributed by atoms with Crippen molar-refractivity contribution in [1.82, 2.24) is 5.32 Å². The van der Waals surface area contributed by atoms with Crippen molar-refractivity contribution in [3.05, 3.63) is 12.7 Å². The van der Waals surface area contributed by atoms with Gasteiger partial charge in [-0.15, -0.1) is 6.58 Å². The van der Waals surface area contributed by atoms with Crippen molar-refractivity contribution >= 4 is 5.97 Å². The van der Waals surface area contributed by atoms with Gasteiger partial charge in [0.2, 0.25) is 0 Å². The number of nitrogens with one attached hydrogen (secondary N) is 1. The number of carboxylic acid groups (broad SMARTS) is 1. The molecule has 0 aromatic rings. The van der Waals surface area contributed by atoms with E-state index in [2.05, 4.69) is 18.8 Å². The molecule has 0 rings (SSSR count). The number of allylic oxidation sites excluding steroid dienone is 1.